The number of aromatic nitrogens is 2. The minimum absolute atomic E-state index is 0.0154. The number of nitrogens with one attached hydrogen (secondary N) is 1. The summed E-state index contributed by atoms with van der Waals surface area (Å²) in [4.78, 5) is 26.2. The van der Waals surface area contributed by atoms with Crippen molar-refractivity contribution < 1.29 is 4.79 Å². The Labute approximate surface area is 131 Å². The summed E-state index contributed by atoms with van der Waals surface area (Å²) >= 11 is 0. The highest BCUT2D eigenvalue weighted by Gasteiger charge is 2.27. The molecule has 1 aliphatic rings. The summed E-state index contributed by atoms with van der Waals surface area (Å²) in [6.45, 7) is 5.70. The summed E-state index contributed by atoms with van der Waals surface area (Å²) < 4.78 is 1.31. The molecule has 2 heterocycles. The summed E-state index contributed by atoms with van der Waals surface area (Å²) in [5.74, 6) is 0.119. The normalized spacial score (nSPS) is 18.5. The first-order valence-corrected chi connectivity index (χ1v) is 8.13. The van der Waals surface area contributed by atoms with E-state index >= 15 is 0 Å². The van der Waals surface area contributed by atoms with Crippen molar-refractivity contribution in [1.29, 1.82) is 0 Å². The predicted octanol–water partition coefficient (Wildman–Crippen LogP) is 1.30. The molecule has 1 fully saturated rings. The maximum absolute atomic E-state index is 12.4. The Hall–Kier alpha value is -1.85. The molecular weight excluding hydrogens is 280 g/mol. The molecule has 1 amide bonds. The molecule has 0 spiro atoms. The molecule has 2 rings (SSSR count). The van der Waals surface area contributed by atoms with Crippen LogP contribution in [0.4, 0.5) is 5.69 Å². The quantitative estimate of drug-likeness (QED) is 0.890. The summed E-state index contributed by atoms with van der Waals surface area (Å²) in [6.07, 6.45) is 5.47. The second-order valence-electron chi connectivity index (χ2n) is 5.98. The predicted molar refractivity (Wildman–Crippen MR) is 86.9 cm³/mol. The largest absolute Gasteiger partial charge is 0.369 e. The van der Waals surface area contributed by atoms with Crippen LogP contribution in [0, 0.1) is 5.92 Å². The molecule has 6 heteroatoms. The first-order valence-electron chi connectivity index (χ1n) is 8.13. The van der Waals surface area contributed by atoms with Gasteiger partial charge in [0.2, 0.25) is 5.91 Å². The minimum atomic E-state index is -0.124. The van der Waals surface area contributed by atoms with Gasteiger partial charge in [0.25, 0.3) is 5.56 Å². The SMILES string of the molecule is CCC(CC)NC(=O)[C@H]1CCCN(c2cnn(C)c(=O)c2)C1. The highest BCUT2D eigenvalue weighted by atomic mass is 16.2. The fraction of sp³-hybridized carbons (Fsp3) is 0.688. The number of nitrogens with zero attached hydrogens (tertiary/aromatic N) is 3. The van der Waals surface area contributed by atoms with Crippen molar-refractivity contribution in [1.82, 2.24) is 15.1 Å². The maximum Gasteiger partial charge on any atom is 0.268 e. The number of aryl methyl sites for hydroxylation is 1. The van der Waals surface area contributed by atoms with Gasteiger partial charge in [0.1, 0.15) is 0 Å². The van der Waals surface area contributed by atoms with Crippen molar-refractivity contribution in [3.63, 3.8) is 0 Å². The molecule has 22 heavy (non-hydrogen) atoms. The molecule has 0 radical (unpaired) electrons. The van der Waals surface area contributed by atoms with Crippen molar-refractivity contribution in [2.24, 2.45) is 13.0 Å². The number of carbonyl (C=O) groups excluding carboxylic acids is 1. The third-order valence-electron chi connectivity index (χ3n) is 4.44. The highest BCUT2D eigenvalue weighted by Crippen LogP contribution is 2.22. The third kappa shape index (κ3) is 3.87. The lowest BCUT2D eigenvalue weighted by Crippen LogP contribution is -2.46. The fourth-order valence-electron chi connectivity index (χ4n) is 2.87. The van der Waals surface area contributed by atoms with Crippen molar-refractivity contribution in [2.75, 3.05) is 18.0 Å². The number of hydrogen-bond donors (Lipinski definition) is 1. The molecular formula is C16H26N4O2. The van der Waals surface area contributed by atoms with E-state index in [0.717, 1.165) is 37.9 Å². The second kappa shape index (κ2) is 7.42. The lowest BCUT2D eigenvalue weighted by Gasteiger charge is -2.34. The summed E-state index contributed by atoms with van der Waals surface area (Å²) in [7, 11) is 1.63. The molecule has 122 valence electrons. The monoisotopic (exact) mass is 306 g/mol. The molecule has 1 N–H and O–H groups in total. The Bertz CT molecular complexity index is 566. The van der Waals surface area contributed by atoms with Crippen LogP contribution in [-0.4, -0.2) is 34.8 Å². The van der Waals surface area contributed by atoms with Gasteiger partial charge in [0.15, 0.2) is 0 Å². The molecule has 1 aliphatic heterocycles. The van der Waals surface area contributed by atoms with Crippen LogP contribution in [0.15, 0.2) is 17.1 Å². The van der Waals surface area contributed by atoms with Crippen LogP contribution in [-0.2, 0) is 11.8 Å². The van der Waals surface area contributed by atoms with Gasteiger partial charge in [0.05, 0.1) is 17.8 Å². The van der Waals surface area contributed by atoms with E-state index < -0.39 is 0 Å². The molecule has 0 saturated carbocycles. The van der Waals surface area contributed by atoms with Gasteiger partial charge in [0, 0.05) is 32.2 Å². The fourth-order valence-corrected chi connectivity index (χ4v) is 2.87. The molecule has 1 atom stereocenters. The van der Waals surface area contributed by atoms with E-state index in [1.807, 2.05) is 0 Å². The van der Waals surface area contributed by atoms with E-state index in [0.29, 0.717) is 6.54 Å². The zero-order valence-electron chi connectivity index (χ0n) is 13.7. The number of anilines is 1. The van der Waals surface area contributed by atoms with Crippen molar-refractivity contribution in [3.05, 3.63) is 22.6 Å². The molecule has 1 aromatic rings. The number of amides is 1. The van der Waals surface area contributed by atoms with Crippen LogP contribution in [0.25, 0.3) is 0 Å². The zero-order chi connectivity index (χ0) is 16.1. The number of rotatable bonds is 5. The number of carbonyl (C=O) groups is 1. The summed E-state index contributed by atoms with van der Waals surface area (Å²) in [5, 5.41) is 7.19. The Balaban J connectivity index is 2.03. The van der Waals surface area contributed by atoms with E-state index in [-0.39, 0.29) is 23.4 Å². The average molecular weight is 306 g/mol. The molecule has 0 aromatic carbocycles. The Kier molecular flexibility index (Phi) is 5.57. The van der Waals surface area contributed by atoms with Crippen LogP contribution in [0.5, 0.6) is 0 Å². The Morgan fingerprint density at radius 3 is 2.82 bits per heavy atom. The van der Waals surface area contributed by atoms with Crippen LogP contribution >= 0.6 is 0 Å². The standard InChI is InChI=1S/C16H26N4O2/c1-4-13(5-2)18-16(22)12-7-6-8-20(11-12)14-9-15(21)19(3)17-10-14/h9-10,12-13H,4-8,11H2,1-3H3,(H,18,22)/t12-/m0/s1. The molecule has 6 nitrogen and oxygen atoms in total. The van der Waals surface area contributed by atoms with Crippen molar-refractivity contribution in [2.45, 2.75) is 45.6 Å². The van der Waals surface area contributed by atoms with Crippen molar-refractivity contribution >= 4 is 11.6 Å². The van der Waals surface area contributed by atoms with Gasteiger partial charge < -0.3 is 10.2 Å². The highest BCUT2D eigenvalue weighted by molar-refractivity contribution is 5.79. The first-order chi connectivity index (χ1) is 10.5. The van der Waals surface area contributed by atoms with E-state index in [1.165, 1.54) is 4.68 Å². The zero-order valence-corrected chi connectivity index (χ0v) is 13.7. The summed E-state index contributed by atoms with van der Waals surface area (Å²) in [6, 6.07) is 1.85. The molecule has 0 bridgehead atoms. The maximum atomic E-state index is 12.4. The van der Waals surface area contributed by atoms with E-state index in [2.05, 4.69) is 29.2 Å². The van der Waals surface area contributed by atoms with Gasteiger partial charge in [-0.2, -0.15) is 5.10 Å². The van der Waals surface area contributed by atoms with Crippen LogP contribution in [0.1, 0.15) is 39.5 Å². The van der Waals surface area contributed by atoms with Crippen LogP contribution < -0.4 is 15.8 Å². The van der Waals surface area contributed by atoms with Gasteiger partial charge in [-0.3, -0.25) is 9.59 Å². The first kappa shape index (κ1) is 16.5. The van der Waals surface area contributed by atoms with E-state index in [4.69, 9.17) is 0 Å². The topological polar surface area (TPSA) is 67.2 Å². The summed E-state index contributed by atoms with van der Waals surface area (Å²) in [5.41, 5.74) is 0.684. The van der Waals surface area contributed by atoms with Gasteiger partial charge in [-0.25, -0.2) is 4.68 Å². The third-order valence-corrected chi connectivity index (χ3v) is 4.44. The number of hydrogen-bond acceptors (Lipinski definition) is 4. The Morgan fingerprint density at radius 1 is 1.45 bits per heavy atom. The second-order valence-corrected chi connectivity index (χ2v) is 5.98. The number of piperidine rings is 1. The van der Waals surface area contributed by atoms with E-state index in [9.17, 15) is 9.59 Å². The molecule has 1 saturated heterocycles. The molecule has 0 aliphatic carbocycles. The van der Waals surface area contributed by atoms with Gasteiger partial charge in [-0.1, -0.05) is 13.8 Å². The lowest BCUT2D eigenvalue weighted by atomic mass is 9.96. The lowest BCUT2D eigenvalue weighted by molar-refractivity contribution is -0.126. The van der Waals surface area contributed by atoms with Crippen molar-refractivity contribution in [3.8, 4) is 0 Å². The van der Waals surface area contributed by atoms with E-state index in [1.54, 1.807) is 19.3 Å². The minimum Gasteiger partial charge on any atom is -0.369 e. The van der Waals surface area contributed by atoms with Crippen LogP contribution in [0.3, 0.4) is 0 Å². The van der Waals surface area contributed by atoms with Crippen LogP contribution in [0.2, 0.25) is 0 Å². The average Bonchev–Trinajstić information content (AvgIpc) is 2.55. The molecule has 1 aromatic heterocycles. The van der Waals surface area contributed by atoms with Gasteiger partial charge in [-0.15, -0.1) is 0 Å². The van der Waals surface area contributed by atoms with Gasteiger partial charge in [-0.05, 0) is 25.7 Å². The Morgan fingerprint density at radius 2 is 2.18 bits per heavy atom. The molecule has 0 unspecified atom stereocenters. The smallest absolute Gasteiger partial charge is 0.268 e. The van der Waals surface area contributed by atoms with Gasteiger partial charge >= 0.3 is 0 Å².